The molecule has 1 saturated carbocycles. The van der Waals surface area contributed by atoms with Gasteiger partial charge in [0.1, 0.15) is 4.90 Å². The highest BCUT2D eigenvalue weighted by Crippen LogP contribution is 2.38. The van der Waals surface area contributed by atoms with Gasteiger partial charge in [0.2, 0.25) is 10.0 Å². The van der Waals surface area contributed by atoms with Gasteiger partial charge in [-0.1, -0.05) is 29.6 Å². The highest BCUT2D eigenvalue weighted by molar-refractivity contribution is 7.89. The number of morpholine rings is 1. The molecule has 2 aliphatic rings. The number of hydrogen-bond donors (Lipinski definition) is 1. The third kappa shape index (κ3) is 5.21. The summed E-state index contributed by atoms with van der Waals surface area (Å²) < 4.78 is 71.2. The van der Waals surface area contributed by atoms with Gasteiger partial charge in [-0.3, -0.25) is 4.79 Å². The third-order valence-corrected chi connectivity index (χ3v) is 8.00. The molecule has 1 saturated heterocycles. The fourth-order valence-corrected chi connectivity index (χ4v) is 5.95. The molecular weight excluding hydrogens is 468 g/mol. The van der Waals surface area contributed by atoms with Crippen molar-refractivity contribution in [3.8, 4) is 0 Å². The normalized spacial score (nSPS) is 23.9. The second-order valence-electron chi connectivity index (χ2n) is 7.35. The van der Waals surface area contributed by atoms with Crippen LogP contribution in [-0.4, -0.2) is 57.2 Å². The van der Waals surface area contributed by atoms with Crippen molar-refractivity contribution < 1.29 is 31.1 Å². The lowest BCUT2D eigenvalue weighted by molar-refractivity contribution is -0.183. The van der Waals surface area contributed by atoms with Crippen molar-refractivity contribution in [3.05, 3.63) is 27.7 Å². The maximum atomic E-state index is 13.0. The van der Waals surface area contributed by atoms with Gasteiger partial charge in [-0.15, -0.1) is 0 Å². The average molecular weight is 489 g/mol. The number of amides is 1. The topological polar surface area (TPSA) is 75.7 Å². The zero-order valence-corrected chi connectivity index (χ0v) is 18.2. The van der Waals surface area contributed by atoms with E-state index in [1.54, 1.807) is 0 Å². The molecule has 12 heteroatoms. The van der Waals surface area contributed by atoms with E-state index in [1.807, 2.05) is 0 Å². The molecule has 2 fully saturated rings. The Morgan fingerprint density at radius 3 is 2.43 bits per heavy atom. The quantitative estimate of drug-likeness (QED) is 0.697. The van der Waals surface area contributed by atoms with Crippen LogP contribution in [0.15, 0.2) is 17.0 Å². The first-order valence-corrected chi connectivity index (χ1v) is 11.6. The first kappa shape index (κ1) is 23.6. The minimum absolute atomic E-state index is 0.0273. The molecule has 1 aliphatic heterocycles. The minimum atomic E-state index is -4.32. The summed E-state index contributed by atoms with van der Waals surface area (Å²) in [5.74, 6) is -2.21. The van der Waals surface area contributed by atoms with E-state index in [2.05, 4.69) is 5.32 Å². The molecule has 1 aliphatic carbocycles. The summed E-state index contributed by atoms with van der Waals surface area (Å²) in [7, 11) is -3.99. The van der Waals surface area contributed by atoms with Crippen LogP contribution in [0.25, 0.3) is 0 Å². The van der Waals surface area contributed by atoms with Gasteiger partial charge in [-0.25, -0.2) is 8.42 Å². The van der Waals surface area contributed by atoms with E-state index in [0.717, 1.165) is 12.1 Å². The van der Waals surface area contributed by atoms with Gasteiger partial charge in [0.15, 0.2) is 0 Å². The molecule has 2 atom stereocenters. The maximum Gasteiger partial charge on any atom is 0.391 e. The molecule has 1 aromatic carbocycles. The molecule has 0 unspecified atom stereocenters. The Balaban J connectivity index is 1.82. The average Bonchev–Trinajstić information content (AvgIpc) is 2.68. The number of sulfonamides is 1. The number of halogens is 5. The Labute approximate surface area is 182 Å². The van der Waals surface area contributed by atoms with Crippen molar-refractivity contribution in [2.45, 2.75) is 42.8 Å². The third-order valence-electron chi connectivity index (χ3n) is 5.33. The zero-order chi connectivity index (χ0) is 22.1. The molecule has 0 bridgehead atoms. The Bertz CT molecular complexity index is 905. The summed E-state index contributed by atoms with van der Waals surface area (Å²) in [6.45, 7) is 0.757. The standard InChI is InChI=1S/C18H21Cl2F3N2O4S/c19-14-10-15(20)16(30(27,28)25-4-6-29-7-5-25)9-13(14)17(26)24-12-3-1-2-11(8-12)18(21,22)23/h9-12H,1-8H2,(H,24,26)/t11-,12-/m0/s1. The zero-order valence-electron chi connectivity index (χ0n) is 15.8. The number of carbonyl (C=O) groups is 1. The predicted octanol–water partition coefficient (Wildman–Crippen LogP) is 3.87. The van der Waals surface area contributed by atoms with Crippen LogP contribution >= 0.6 is 23.2 Å². The Kier molecular flexibility index (Phi) is 7.23. The lowest BCUT2D eigenvalue weighted by Gasteiger charge is -2.31. The van der Waals surface area contributed by atoms with Crippen LogP contribution in [0.1, 0.15) is 36.0 Å². The van der Waals surface area contributed by atoms with Crippen LogP contribution in [0.3, 0.4) is 0 Å². The van der Waals surface area contributed by atoms with Crippen molar-refractivity contribution in [2.24, 2.45) is 5.92 Å². The molecule has 168 valence electrons. The lowest BCUT2D eigenvalue weighted by Crippen LogP contribution is -2.42. The number of alkyl halides is 3. The molecule has 1 N–H and O–H groups in total. The minimum Gasteiger partial charge on any atom is -0.379 e. The van der Waals surface area contributed by atoms with Crippen molar-refractivity contribution in [1.29, 1.82) is 0 Å². The number of benzene rings is 1. The summed E-state index contributed by atoms with van der Waals surface area (Å²) in [6.07, 6.45) is -3.78. The Morgan fingerprint density at radius 1 is 1.13 bits per heavy atom. The van der Waals surface area contributed by atoms with E-state index >= 15 is 0 Å². The number of carbonyl (C=O) groups excluding carboxylic acids is 1. The second-order valence-corrected chi connectivity index (χ2v) is 10.1. The van der Waals surface area contributed by atoms with Crippen LogP contribution in [0.5, 0.6) is 0 Å². The predicted molar refractivity (Wildman–Crippen MR) is 105 cm³/mol. The van der Waals surface area contributed by atoms with E-state index < -0.39 is 34.1 Å². The molecule has 3 rings (SSSR count). The van der Waals surface area contributed by atoms with Crippen molar-refractivity contribution in [3.63, 3.8) is 0 Å². The number of rotatable bonds is 4. The van der Waals surface area contributed by atoms with E-state index in [1.165, 1.54) is 4.31 Å². The number of ether oxygens (including phenoxy) is 1. The smallest absolute Gasteiger partial charge is 0.379 e. The number of nitrogens with one attached hydrogen (secondary N) is 1. The van der Waals surface area contributed by atoms with E-state index in [9.17, 15) is 26.4 Å². The lowest BCUT2D eigenvalue weighted by atomic mass is 9.85. The molecule has 0 radical (unpaired) electrons. The summed E-state index contributed by atoms with van der Waals surface area (Å²) in [5, 5.41) is 2.34. The van der Waals surface area contributed by atoms with Gasteiger partial charge < -0.3 is 10.1 Å². The molecule has 30 heavy (non-hydrogen) atoms. The van der Waals surface area contributed by atoms with Crippen LogP contribution in [0.4, 0.5) is 13.2 Å². The molecule has 1 amide bonds. The van der Waals surface area contributed by atoms with E-state index in [0.29, 0.717) is 12.8 Å². The van der Waals surface area contributed by atoms with Crippen molar-refractivity contribution in [1.82, 2.24) is 9.62 Å². The molecule has 1 aromatic rings. The van der Waals surface area contributed by atoms with Crippen LogP contribution in [0.2, 0.25) is 10.0 Å². The fraction of sp³-hybridized carbons (Fsp3) is 0.611. The van der Waals surface area contributed by atoms with Gasteiger partial charge in [-0.2, -0.15) is 17.5 Å². The molecular formula is C18H21Cl2F3N2O4S. The fourth-order valence-electron chi connectivity index (χ4n) is 3.71. The largest absolute Gasteiger partial charge is 0.391 e. The first-order valence-electron chi connectivity index (χ1n) is 9.44. The molecule has 6 nitrogen and oxygen atoms in total. The molecule has 1 heterocycles. The highest BCUT2D eigenvalue weighted by atomic mass is 35.5. The first-order chi connectivity index (χ1) is 14.0. The number of hydrogen-bond acceptors (Lipinski definition) is 4. The van der Waals surface area contributed by atoms with Gasteiger partial charge in [0.25, 0.3) is 5.91 Å². The Morgan fingerprint density at radius 2 is 1.80 bits per heavy atom. The van der Waals surface area contributed by atoms with Gasteiger partial charge in [0, 0.05) is 19.1 Å². The van der Waals surface area contributed by atoms with Crippen LogP contribution in [0, 0.1) is 5.92 Å². The van der Waals surface area contributed by atoms with Crippen LogP contribution in [-0.2, 0) is 14.8 Å². The summed E-state index contributed by atoms with van der Waals surface area (Å²) in [5.41, 5.74) is -0.151. The second kappa shape index (κ2) is 9.20. The maximum absolute atomic E-state index is 13.0. The summed E-state index contributed by atoms with van der Waals surface area (Å²) in [4.78, 5) is 12.4. The molecule has 0 spiro atoms. The summed E-state index contributed by atoms with van der Waals surface area (Å²) in [6, 6.07) is 1.56. The van der Waals surface area contributed by atoms with Gasteiger partial charge >= 0.3 is 6.18 Å². The van der Waals surface area contributed by atoms with Crippen LogP contribution < -0.4 is 5.32 Å². The monoisotopic (exact) mass is 488 g/mol. The molecule has 0 aromatic heterocycles. The van der Waals surface area contributed by atoms with Crippen molar-refractivity contribution in [2.75, 3.05) is 26.3 Å². The van der Waals surface area contributed by atoms with E-state index in [4.69, 9.17) is 27.9 Å². The van der Waals surface area contributed by atoms with Crippen molar-refractivity contribution >= 4 is 39.1 Å². The Hall–Kier alpha value is -1.07. The number of nitrogens with zero attached hydrogens (tertiary/aromatic N) is 1. The SMILES string of the molecule is O=C(N[C@H]1CCC[C@H](C(F)(F)F)C1)c1cc(S(=O)(=O)N2CCOCC2)c(Cl)cc1Cl. The highest BCUT2D eigenvalue weighted by Gasteiger charge is 2.42. The van der Waals surface area contributed by atoms with Gasteiger partial charge in [0.05, 0.1) is 34.7 Å². The summed E-state index contributed by atoms with van der Waals surface area (Å²) >= 11 is 12.2. The van der Waals surface area contributed by atoms with Gasteiger partial charge in [-0.05, 0) is 31.4 Å². The van der Waals surface area contributed by atoms with E-state index in [-0.39, 0.29) is 59.6 Å².